The first kappa shape index (κ1) is 111. The Kier molecular flexibility index (Phi) is 88.4. The van der Waals surface area contributed by atoms with E-state index >= 15 is 0 Å². The van der Waals surface area contributed by atoms with Crippen LogP contribution in [0, 0.1) is 23.7 Å². The third kappa shape index (κ3) is 82.3. The van der Waals surface area contributed by atoms with Gasteiger partial charge in [-0.1, -0.05) is 382 Å². The fourth-order valence-electron chi connectivity index (χ4n) is 15.8. The molecule has 0 aromatic rings. The molecule has 0 aliphatic carbocycles. The molecule has 0 fully saturated rings. The second-order valence-corrected chi connectivity index (χ2v) is 33.2. The van der Waals surface area contributed by atoms with Gasteiger partial charge in [0.25, 0.3) is 0 Å². The molecule has 0 saturated heterocycles. The van der Waals surface area contributed by atoms with Crippen molar-refractivity contribution in [2.45, 2.75) is 478 Å². The van der Waals surface area contributed by atoms with Crippen LogP contribution in [-0.4, -0.2) is 101 Å². The van der Waals surface area contributed by atoms with Crippen LogP contribution >= 0.6 is 0 Å². The third-order valence-corrected chi connectivity index (χ3v) is 22.9. The van der Waals surface area contributed by atoms with Crippen LogP contribution in [0.15, 0.2) is 25.3 Å². The van der Waals surface area contributed by atoms with E-state index in [0.29, 0.717) is 71.4 Å². The summed E-state index contributed by atoms with van der Waals surface area (Å²) in [5.74, 6) is 1.94. The number of amides is 2. The van der Waals surface area contributed by atoms with Crippen LogP contribution in [0.4, 0.5) is 0 Å². The van der Waals surface area contributed by atoms with E-state index in [9.17, 15) is 38.4 Å². The lowest BCUT2D eigenvalue weighted by Crippen LogP contribution is -2.34. The number of carbonyl (C=O) groups is 8. The molecule has 2 N–H and O–H groups in total. The molecule has 0 radical (unpaired) electrons. The molecule has 16 heteroatoms. The molecule has 0 rings (SSSR count). The first-order valence-electron chi connectivity index (χ1n) is 48.4. The van der Waals surface area contributed by atoms with Crippen LogP contribution < -0.4 is 10.6 Å². The zero-order valence-corrected chi connectivity index (χ0v) is 75.3. The van der Waals surface area contributed by atoms with E-state index in [4.69, 9.17) is 23.7 Å². The quantitative estimate of drug-likeness (QED) is 0.0251. The zero-order chi connectivity index (χ0) is 83.7. The Morgan fingerprint density at radius 2 is 0.447 bits per heavy atom. The van der Waals surface area contributed by atoms with Gasteiger partial charge in [0, 0.05) is 63.8 Å². The molecule has 114 heavy (non-hydrogen) atoms. The molecule has 0 aromatic heterocycles. The minimum atomic E-state index is -0.539. The van der Waals surface area contributed by atoms with Crippen LogP contribution in [0.2, 0.25) is 0 Å². The average Bonchev–Trinajstić information content (AvgIpc) is 0.919. The van der Waals surface area contributed by atoms with Crippen molar-refractivity contribution in [1.29, 1.82) is 0 Å². The highest BCUT2D eigenvalue weighted by molar-refractivity contribution is 5.81. The highest BCUT2D eigenvalue weighted by atomic mass is 16.6. The fourth-order valence-corrected chi connectivity index (χ4v) is 15.8. The van der Waals surface area contributed by atoms with Crippen LogP contribution in [0.3, 0.4) is 0 Å². The number of nitrogens with one attached hydrogen (secondary N) is 2. The Labute approximate surface area is 701 Å². The van der Waals surface area contributed by atoms with Crippen LogP contribution in [0.25, 0.3) is 0 Å². The van der Waals surface area contributed by atoms with E-state index in [2.05, 4.69) is 56.2 Å². The number of hydrogen-bond donors (Lipinski definition) is 2. The third-order valence-electron chi connectivity index (χ3n) is 22.9. The molecule has 0 heterocycles. The van der Waals surface area contributed by atoms with Crippen molar-refractivity contribution in [2.75, 3.05) is 53.2 Å². The molecule has 16 nitrogen and oxygen atoms in total. The maximum Gasteiger partial charge on any atom is 0.330 e. The standard InChI is InChI=1S/C94H176N2O12.C4H6O2/c1-7-13-17-21-33-47-63-84(86(65-49-35-23-19-15-9-3)69-53-39-27-31-43-57-73-92(101)105-80-61-45-59-75-91(100)104-79-11-5)67-51-37-25-29-41-55-71-88(97)95-77-78-96-89(98)72-56-42-30-26-38-52-68-85(64-48-34-22-18-14-8-2)87(66-50-36-24-20-16-10-4)70-54-40-28-32-44-58-74-93(102)106-81-62-46-60-76-94(103)108-83-82-107-90(99)12-6;1-3-4(5)6-2/h12,84-87H,6-11,13-83H2,1-5H3,(H,95,97)(H,96,98);3H,1H2,2H3. The predicted octanol–water partition coefficient (Wildman–Crippen LogP) is 26.9. The molecule has 0 aliphatic heterocycles. The Bertz CT molecular complexity index is 2210. The molecule has 0 aromatic carbocycles. The van der Waals surface area contributed by atoms with Crippen molar-refractivity contribution in [3.8, 4) is 0 Å². The van der Waals surface area contributed by atoms with E-state index in [-0.39, 0.29) is 55.3 Å². The summed E-state index contributed by atoms with van der Waals surface area (Å²) >= 11 is 0. The number of esters is 6. The maximum atomic E-state index is 12.8. The van der Waals surface area contributed by atoms with Crippen LogP contribution in [-0.2, 0) is 66.8 Å². The maximum absolute atomic E-state index is 12.8. The summed E-state index contributed by atoms with van der Waals surface area (Å²) in [5, 5.41) is 6.13. The first-order chi connectivity index (χ1) is 55.7. The number of rotatable bonds is 88. The lowest BCUT2D eigenvalue weighted by atomic mass is 9.78. The van der Waals surface area contributed by atoms with E-state index in [1.165, 1.54) is 315 Å². The van der Waals surface area contributed by atoms with Crippen molar-refractivity contribution in [3.05, 3.63) is 25.3 Å². The SMILES string of the molecule is C=CC(=O)OC.C=CC(=O)OCCOC(=O)CCCCCOC(=O)CCCCCCCCC(CCCCCCCC)C(CCCCCCCC)CCCCCCCCC(=O)NCCNC(=O)CCCCCCCCC(CCCCCCCC)C(CCCCCCCC)CCCCCCCCC(=O)OCCCCCC(=O)OCCC. The highest BCUT2D eigenvalue weighted by Crippen LogP contribution is 2.36. The van der Waals surface area contributed by atoms with E-state index in [0.717, 1.165) is 126 Å². The van der Waals surface area contributed by atoms with Gasteiger partial charge in [-0.3, -0.25) is 28.8 Å². The summed E-state index contributed by atoms with van der Waals surface area (Å²) in [6.07, 6.45) is 82.3. The van der Waals surface area contributed by atoms with Crippen molar-refractivity contribution < 1.29 is 66.8 Å². The normalized spacial score (nSPS) is 12.2. The topological polar surface area (TPSA) is 216 Å². The number of unbranched alkanes of at least 4 members (excludes halogenated alkanes) is 44. The predicted molar refractivity (Wildman–Crippen MR) is 474 cm³/mol. The van der Waals surface area contributed by atoms with Gasteiger partial charge in [-0.05, 0) is 94.3 Å². The highest BCUT2D eigenvalue weighted by Gasteiger charge is 2.23. The average molecular weight is 1610 g/mol. The summed E-state index contributed by atoms with van der Waals surface area (Å²) < 4.78 is 30.1. The second kappa shape index (κ2) is 90.6. The minimum Gasteiger partial charge on any atom is -0.466 e. The van der Waals surface area contributed by atoms with Gasteiger partial charge in [0.1, 0.15) is 13.2 Å². The molecular formula is C98H182N2O14. The van der Waals surface area contributed by atoms with Crippen molar-refractivity contribution in [3.63, 3.8) is 0 Å². The molecular weight excluding hydrogens is 1430 g/mol. The molecule has 668 valence electrons. The van der Waals surface area contributed by atoms with Gasteiger partial charge in [-0.15, -0.1) is 0 Å². The zero-order valence-electron chi connectivity index (χ0n) is 75.3. The van der Waals surface area contributed by atoms with Crippen molar-refractivity contribution in [1.82, 2.24) is 10.6 Å². The Morgan fingerprint density at radius 3 is 0.684 bits per heavy atom. The van der Waals surface area contributed by atoms with E-state index in [1.807, 2.05) is 6.92 Å². The lowest BCUT2D eigenvalue weighted by Gasteiger charge is -2.28. The summed E-state index contributed by atoms with van der Waals surface area (Å²) in [5.41, 5.74) is 0. The Balaban J connectivity index is 0. The van der Waals surface area contributed by atoms with Gasteiger partial charge in [0.15, 0.2) is 0 Å². The Hall–Kier alpha value is -4.76. The monoisotopic (exact) mass is 1610 g/mol. The summed E-state index contributed by atoms with van der Waals surface area (Å²) in [6.45, 7) is 20.1. The van der Waals surface area contributed by atoms with E-state index in [1.54, 1.807) is 0 Å². The van der Waals surface area contributed by atoms with Crippen molar-refractivity contribution >= 4 is 47.6 Å². The summed E-state index contributed by atoms with van der Waals surface area (Å²) in [7, 11) is 1.31. The smallest absolute Gasteiger partial charge is 0.330 e. The van der Waals surface area contributed by atoms with Crippen molar-refractivity contribution in [2.24, 2.45) is 23.7 Å². The number of carbonyl (C=O) groups excluding carboxylic acids is 8. The summed E-state index contributed by atoms with van der Waals surface area (Å²) in [4.78, 5) is 94.8. The van der Waals surface area contributed by atoms with Crippen LogP contribution in [0.1, 0.15) is 478 Å². The fraction of sp³-hybridized carbons (Fsp3) is 0.878. The molecule has 2 amide bonds. The molecule has 4 unspecified atom stereocenters. The lowest BCUT2D eigenvalue weighted by molar-refractivity contribution is -0.149. The van der Waals surface area contributed by atoms with Gasteiger partial charge in [0.2, 0.25) is 11.8 Å². The Morgan fingerprint density at radius 1 is 0.237 bits per heavy atom. The van der Waals surface area contributed by atoms with Gasteiger partial charge in [-0.2, -0.15) is 0 Å². The van der Waals surface area contributed by atoms with Gasteiger partial charge >= 0.3 is 35.8 Å². The molecule has 0 spiro atoms. The number of ether oxygens (including phenoxy) is 6. The van der Waals surface area contributed by atoms with Gasteiger partial charge in [-0.25, -0.2) is 9.59 Å². The van der Waals surface area contributed by atoms with Gasteiger partial charge < -0.3 is 39.1 Å². The molecule has 0 aliphatic rings. The molecule has 4 atom stereocenters. The minimum absolute atomic E-state index is 0.0168. The molecule has 0 saturated carbocycles. The number of hydrogen-bond acceptors (Lipinski definition) is 14. The van der Waals surface area contributed by atoms with Gasteiger partial charge in [0.05, 0.1) is 26.9 Å². The largest absolute Gasteiger partial charge is 0.466 e. The first-order valence-corrected chi connectivity index (χ1v) is 48.4. The van der Waals surface area contributed by atoms with Crippen LogP contribution in [0.5, 0.6) is 0 Å². The number of methoxy groups -OCH3 is 1. The van der Waals surface area contributed by atoms with E-state index < -0.39 is 11.9 Å². The second-order valence-electron chi connectivity index (χ2n) is 33.2. The molecule has 0 bridgehead atoms. The summed E-state index contributed by atoms with van der Waals surface area (Å²) in [6, 6.07) is 0.